The Balaban J connectivity index is 2.20. The summed E-state index contributed by atoms with van der Waals surface area (Å²) in [5.41, 5.74) is 4.02. The molecule has 0 spiro atoms. The number of rotatable bonds is 2. The quantitative estimate of drug-likeness (QED) is 0.485. The van der Waals surface area contributed by atoms with E-state index < -0.39 is 35.4 Å². The van der Waals surface area contributed by atoms with Gasteiger partial charge in [0.2, 0.25) is 0 Å². The predicted molar refractivity (Wildman–Crippen MR) is 38.9 cm³/mol. The highest BCUT2D eigenvalue weighted by Gasteiger charge is 2.72. The van der Waals surface area contributed by atoms with Crippen LogP contribution in [-0.2, 0) is 14.3 Å². The first-order valence-electron chi connectivity index (χ1n) is 3.85. The van der Waals surface area contributed by atoms with Crippen molar-refractivity contribution in [1.82, 2.24) is 0 Å². The number of fused-ring (bicyclic) bond motifs is 1. The molecule has 4 N–H and O–H groups in total. The van der Waals surface area contributed by atoms with Gasteiger partial charge in [0.1, 0.15) is 5.54 Å². The SMILES string of the molecule is N[C@]1(C(=O)O)CO[C@H]2[C@H](C(=O)O)[C@H]21. The average Bonchev–Trinajstić information content (AvgIpc) is 2.66. The monoisotopic (exact) mass is 187 g/mol. The summed E-state index contributed by atoms with van der Waals surface area (Å²) in [5, 5.41) is 17.4. The molecule has 1 saturated carbocycles. The van der Waals surface area contributed by atoms with E-state index in [0.717, 1.165) is 0 Å². The van der Waals surface area contributed by atoms with E-state index in [-0.39, 0.29) is 6.61 Å². The van der Waals surface area contributed by atoms with Crippen LogP contribution in [0, 0.1) is 11.8 Å². The van der Waals surface area contributed by atoms with E-state index in [2.05, 4.69) is 0 Å². The van der Waals surface area contributed by atoms with Gasteiger partial charge in [-0.2, -0.15) is 0 Å². The Kier molecular flexibility index (Phi) is 1.44. The van der Waals surface area contributed by atoms with Crippen LogP contribution in [0.3, 0.4) is 0 Å². The molecule has 2 fully saturated rings. The molecule has 1 aliphatic heterocycles. The van der Waals surface area contributed by atoms with Crippen LogP contribution in [-0.4, -0.2) is 40.4 Å². The molecule has 0 bridgehead atoms. The van der Waals surface area contributed by atoms with E-state index in [9.17, 15) is 9.59 Å². The fourth-order valence-corrected chi connectivity index (χ4v) is 1.93. The van der Waals surface area contributed by atoms with E-state index in [1.165, 1.54) is 0 Å². The average molecular weight is 187 g/mol. The molecule has 1 heterocycles. The van der Waals surface area contributed by atoms with Crippen LogP contribution in [0.2, 0.25) is 0 Å². The Morgan fingerprint density at radius 1 is 1.46 bits per heavy atom. The first-order chi connectivity index (χ1) is 5.98. The van der Waals surface area contributed by atoms with Gasteiger partial charge in [-0.3, -0.25) is 9.59 Å². The molecule has 4 atom stereocenters. The molecule has 0 amide bonds. The van der Waals surface area contributed by atoms with Crippen molar-refractivity contribution in [3.8, 4) is 0 Å². The number of hydrogen-bond donors (Lipinski definition) is 3. The molecule has 2 aliphatic rings. The van der Waals surface area contributed by atoms with Crippen LogP contribution >= 0.6 is 0 Å². The molecule has 72 valence electrons. The first kappa shape index (κ1) is 8.46. The Labute approximate surface area is 73.3 Å². The van der Waals surface area contributed by atoms with Crippen molar-refractivity contribution >= 4 is 11.9 Å². The van der Waals surface area contributed by atoms with Gasteiger partial charge < -0.3 is 20.7 Å². The second-order valence-electron chi connectivity index (χ2n) is 3.51. The molecular weight excluding hydrogens is 178 g/mol. The summed E-state index contributed by atoms with van der Waals surface area (Å²) in [5.74, 6) is -3.54. The molecule has 6 nitrogen and oxygen atoms in total. The summed E-state index contributed by atoms with van der Waals surface area (Å²) in [7, 11) is 0. The normalized spacial score (nSPS) is 47.0. The van der Waals surface area contributed by atoms with Crippen LogP contribution in [0.5, 0.6) is 0 Å². The lowest BCUT2D eigenvalue weighted by Crippen LogP contribution is -2.52. The van der Waals surface area contributed by atoms with Crippen molar-refractivity contribution in [2.45, 2.75) is 11.6 Å². The maximum absolute atomic E-state index is 10.7. The zero-order chi connectivity index (χ0) is 9.80. The standard InChI is InChI=1S/C7H9NO5/c8-7(6(11)12)1-13-4-2(3(4)7)5(9)10/h2-4H,1,8H2,(H,9,10)(H,11,12)/t2-,3-,4+,7-/m1/s1. The lowest BCUT2D eigenvalue weighted by Gasteiger charge is -2.19. The van der Waals surface area contributed by atoms with Crippen LogP contribution in [0.15, 0.2) is 0 Å². The van der Waals surface area contributed by atoms with Crippen molar-refractivity contribution in [2.75, 3.05) is 6.61 Å². The van der Waals surface area contributed by atoms with Gasteiger partial charge in [-0.15, -0.1) is 0 Å². The van der Waals surface area contributed by atoms with Crippen molar-refractivity contribution in [3.05, 3.63) is 0 Å². The highest BCUT2D eigenvalue weighted by atomic mass is 16.5. The largest absolute Gasteiger partial charge is 0.481 e. The van der Waals surface area contributed by atoms with Crippen molar-refractivity contribution in [2.24, 2.45) is 17.6 Å². The lowest BCUT2D eigenvalue weighted by molar-refractivity contribution is -0.147. The maximum atomic E-state index is 10.7. The minimum absolute atomic E-state index is 0.0958. The second kappa shape index (κ2) is 2.21. The molecular formula is C7H9NO5. The van der Waals surface area contributed by atoms with Gasteiger partial charge in [0.15, 0.2) is 0 Å². The van der Waals surface area contributed by atoms with Gasteiger partial charge in [-0.05, 0) is 0 Å². The minimum Gasteiger partial charge on any atom is -0.481 e. The third kappa shape index (κ3) is 0.895. The summed E-state index contributed by atoms with van der Waals surface area (Å²) < 4.78 is 4.99. The third-order valence-corrected chi connectivity index (χ3v) is 2.75. The van der Waals surface area contributed by atoms with Crippen LogP contribution in [0.4, 0.5) is 0 Å². The Bertz CT molecular complexity index is 291. The fourth-order valence-electron chi connectivity index (χ4n) is 1.93. The highest BCUT2D eigenvalue weighted by molar-refractivity contribution is 5.85. The Morgan fingerprint density at radius 2 is 2.08 bits per heavy atom. The van der Waals surface area contributed by atoms with E-state index in [1.54, 1.807) is 0 Å². The van der Waals surface area contributed by atoms with Crippen LogP contribution in [0.25, 0.3) is 0 Å². The number of aliphatic carboxylic acids is 2. The molecule has 1 saturated heterocycles. The van der Waals surface area contributed by atoms with Gasteiger partial charge in [-0.25, -0.2) is 0 Å². The zero-order valence-corrected chi connectivity index (χ0v) is 6.64. The molecule has 0 aromatic carbocycles. The van der Waals surface area contributed by atoms with Crippen molar-refractivity contribution in [3.63, 3.8) is 0 Å². The van der Waals surface area contributed by atoms with E-state index >= 15 is 0 Å². The molecule has 0 unspecified atom stereocenters. The topological polar surface area (TPSA) is 110 Å². The number of carboxylic acids is 2. The summed E-state index contributed by atoms with van der Waals surface area (Å²) in [6.45, 7) is -0.0958. The molecule has 13 heavy (non-hydrogen) atoms. The zero-order valence-electron chi connectivity index (χ0n) is 6.64. The fraction of sp³-hybridized carbons (Fsp3) is 0.714. The number of nitrogens with two attached hydrogens (primary N) is 1. The molecule has 0 aromatic heterocycles. The van der Waals surface area contributed by atoms with Crippen molar-refractivity contribution in [1.29, 1.82) is 0 Å². The number of hydrogen-bond acceptors (Lipinski definition) is 4. The number of carboxylic acid groups (broad SMARTS) is 2. The number of ether oxygens (including phenoxy) is 1. The van der Waals surface area contributed by atoms with Gasteiger partial charge in [-0.1, -0.05) is 0 Å². The predicted octanol–water partition coefficient (Wildman–Crippen LogP) is -1.50. The van der Waals surface area contributed by atoms with E-state index in [1.807, 2.05) is 0 Å². The molecule has 6 heteroatoms. The molecule has 2 rings (SSSR count). The smallest absolute Gasteiger partial charge is 0.326 e. The highest BCUT2D eigenvalue weighted by Crippen LogP contribution is 2.53. The molecule has 1 aliphatic carbocycles. The summed E-state index contributed by atoms with van der Waals surface area (Å²) >= 11 is 0. The molecule has 0 radical (unpaired) electrons. The summed E-state index contributed by atoms with van der Waals surface area (Å²) in [4.78, 5) is 21.3. The maximum Gasteiger partial charge on any atom is 0.326 e. The van der Waals surface area contributed by atoms with E-state index in [0.29, 0.717) is 0 Å². The van der Waals surface area contributed by atoms with Crippen LogP contribution in [0.1, 0.15) is 0 Å². The lowest BCUT2D eigenvalue weighted by atomic mass is 9.95. The van der Waals surface area contributed by atoms with E-state index in [4.69, 9.17) is 20.7 Å². The molecule has 0 aromatic rings. The minimum atomic E-state index is -1.51. The summed E-state index contributed by atoms with van der Waals surface area (Å²) in [6.07, 6.45) is -0.501. The Hall–Kier alpha value is -1.14. The number of carbonyl (C=O) groups is 2. The second-order valence-corrected chi connectivity index (χ2v) is 3.51. The van der Waals surface area contributed by atoms with Gasteiger partial charge in [0.05, 0.1) is 18.6 Å². The van der Waals surface area contributed by atoms with Crippen LogP contribution < -0.4 is 5.73 Å². The van der Waals surface area contributed by atoms with Crippen molar-refractivity contribution < 1.29 is 24.5 Å². The first-order valence-corrected chi connectivity index (χ1v) is 3.85. The van der Waals surface area contributed by atoms with Gasteiger partial charge in [0, 0.05) is 5.92 Å². The Morgan fingerprint density at radius 3 is 2.46 bits per heavy atom. The van der Waals surface area contributed by atoms with Gasteiger partial charge in [0.25, 0.3) is 0 Å². The van der Waals surface area contributed by atoms with Gasteiger partial charge >= 0.3 is 11.9 Å². The third-order valence-electron chi connectivity index (χ3n) is 2.75. The summed E-state index contributed by atoms with van der Waals surface area (Å²) in [6, 6.07) is 0.